The number of hydrogen-bond donors (Lipinski definition) is 1. The third kappa shape index (κ3) is 3.06. The Balaban J connectivity index is 1.55. The van der Waals surface area contributed by atoms with Crippen LogP contribution in [0, 0.1) is 5.41 Å². The van der Waals surface area contributed by atoms with E-state index in [1.54, 1.807) is 4.90 Å². The monoisotopic (exact) mass is 367 g/mol. The zero-order valence-electron chi connectivity index (χ0n) is 15.1. The normalized spacial score (nSPS) is 19.8. The standard InChI is InChI=1S/C21H21NO5/c1-26-13-21(20(24)25)8-9-22(12-21)19(23)11-15-10-17-16-5-3-2-4-14(16)6-7-18(17)27-15/h2-7,10H,8-9,11-13H2,1H3,(H,24,25). The summed E-state index contributed by atoms with van der Waals surface area (Å²) < 4.78 is 10.9. The number of carboxylic acid groups (broad SMARTS) is 1. The van der Waals surface area contributed by atoms with E-state index in [0.29, 0.717) is 18.7 Å². The van der Waals surface area contributed by atoms with Crippen molar-refractivity contribution in [1.29, 1.82) is 0 Å². The van der Waals surface area contributed by atoms with Gasteiger partial charge in [0.2, 0.25) is 5.91 Å². The minimum Gasteiger partial charge on any atom is -0.481 e. The molecule has 0 saturated carbocycles. The number of carboxylic acids is 1. The molecular weight excluding hydrogens is 346 g/mol. The van der Waals surface area contributed by atoms with Gasteiger partial charge in [-0.1, -0.05) is 30.3 Å². The van der Waals surface area contributed by atoms with Crippen molar-refractivity contribution in [2.24, 2.45) is 5.41 Å². The number of amides is 1. The molecule has 1 atom stereocenters. The van der Waals surface area contributed by atoms with Crippen LogP contribution in [0.25, 0.3) is 21.7 Å². The number of aliphatic carboxylic acids is 1. The molecule has 140 valence electrons. The Morgan fingerprint density at radius 3 is 2.81 bits per heavy atom. The van der Waals surface area contributed by atoms with Crippen LogP contribution in [0.5, 0.6) is 0 Å². The Morgan fingerprint density at radius 2 is 2.04 bits per heavy atom. The fraction of sp³-hybridized carbons (Fsp3) is 0.333. The lowest BCUT2D eigenvalue weighted by atomic mass is 9.88. The fourth-order valence-electron chi connectivity index (χ4n) is 3.91. The molecule has 2 heterocycles. The van der Waals surface area contributed by atoms with Gasteiger partial charge in [0.1, 0.15) is 16.8 Å². The molecule has 0 bridgehead atoms. The first-order valence-electron chi connectivity index (χ1n) is 8.93. The molecule has 4 rings (SSSR count). The molecule has 1 amide bonds. The van der Waals surface area contributed by atoms with Crippen molar-refractivity contribution in [3.8, 4) is 0 Å². The summed E-state index contributed by atoms with van der Waals surface area (Å²) in [7, 11) is 1.48. The number of carbonyl (C=O) groups is 2. The first-order valence-corrected chi connectivity index (χ1v) is 8.93. The van der Waals surface area contributed by atoms with Crippen molar-refractivity contribution in [1.82, 2.24) is 4.90 Å². The number of nitrogens with zero attached hydrogens (tertiary/aromatic N) is 1. The van der Waals surface area contributed by atoms with Crippen LogP contribution in [0.15, 0.2) is 46.9 Å². The Bertz CT molecular complexity index is 1020. The number of hydrogen-bond acceptors (Lipinski definition) is 4. The SMILES string of the molecule is COCC1(C(=O)O)CCN(C(=O)Cc2cc3c(ccc4ccccc43)o2)C1. The van der Waals surface area contributed by atoms with Crippen LogP contribution in [0.2, 0.25) is 0 Å². The van der Waals surface area contributed by atoms with E-state index in [9.17, 15) is 14.7 Å². The van der Waals surface area contributed by atoms with Gasteiger partial charge in [0.05, 0.1) is 13.0 Å². The van der Waals surface area contributed by atoms with E-state index in [4.69, 9.17) is 9.15 Å². The second-order valence-electron chi connectivity index (χ2n) is 7.17. The first kappa shape index (κ1) is 17.5. The summed E-state index contributed by atoms with van der Waals surface area (Å²) in [5.74, 6) is -0.460. The number of ether oxygens (including phenoxy) is 1. The van der Waals surface area contributed by atoms with E-state index in [-0.39, 0.29) is 25.5 Å². The Morgan fingerprint density at radius 1 is 1.22 bits per heavy atom. The molecule has 2 aromatic carbocycles. The van der Waals surface area contributed by atoms with E-state index < -0.39 is 11.4 Å². The van der Waals surface area contributed by atoms with Gasteiger partial charge >= 0.3 is 5.97 Å². The van der Waals surface area contributed by atoms with Gasteiger partial charge in [-0.2, -0.15) is 0 Å². The minimum absolute atomic E-state index is 0.0999. The number of benzene rings is 2. The van der Waals surface area contributed by atoms with E-state index >= 15 is 0 Å². The smallest absolute Gasteiger partial charge is 0.313 e. The van der Waals surface area contributed by atoms with E-state index in [0.717, 1.165) is 21.7 Å². The van der Waals surface area contributed by atoms with Crippen LogP contribution in [0.3, 0.4) is 0 Å². The second-order valence-corrected chi connectivity index (χ2v) is 7.17. The summed E-state index contributed by atoms with van der Waals surface area (Å²) in [5, 5.41) is 12.7. The third-order valence-electron chi connectivity index (χ3n) is 5.38. The van der Waals surface area contributed by atoms with Crippen LogP contribution in [0.1, 0.15) is 12.2 Å². The Labute approximate surface area is 156 Å². The summed E-state index contributed by atoms with van der Waals surface area (Å²) >= 11 is 0. The molecule has 6 nitrogen and oxygen atoms in total. The molecule has 6 heteroatoms. The van der Waals surface area contributed by atoms with Crippen molar-refractivity contribution in [2.45, 2.75) is 12.8 Å². The summed E-state index contributed by atoms with van der Waals surface area (Å²) in [5.41, 5.74) is -0.272. The highest BCUT2D eigenvalue weighted by atomic mass is 16.5. The maximum Gasteiger partial charge on any atom is 0.313 e. The van der Waals surface area contributed by atoms with Crippen LogP contribution in [0.4, 0.5) is 0 Å². The van der Waals surface area contributed by atoms with Gasteiger partial charge in [-0.15, -0.1) is 0 Å². The molecule has 1 aliphatic heterocycles. The van der Waals surface area contributed by atoms with E-state index in [2.05, 4.69) is 0 Å². The predicted octanol–water partition coefficient (Wildman–Crippen LogP) is 3.08. The van der Waals surface area contributed by atoms with Crippen molar-refractivity contribution >= 4 is 33.6 Å². The minimum atomic E-state index is -1.02. The molecule has 27 heavy (non-hydrogen) atoms. The van der Waals surface area contributed by atoms with E-state index in [1.807, 2.05) is 42.5 Å². The molecule has 0 aliphatic carbocycles. The summed E-state index contributed by atoms with van der Waals surface area (Å²) in [6.07, 6.45) is 0.512. The first-order chi connectivity index (χ1) is 13.0. The number of likely N-dealkylation sites (tertiary alicyclic amines) is 1. The molecular formula is C21H21NO5. The zero-order chi connectivity index (χ0) is 19.0. The average molecular weight is 367 g/mol. The number of fused-ring (bicyclic) bond motifs is 3. The Kier molecular flexibility index (Phi) is 4.36. The van der Waals surface area contributed by atoms with Crippen molar-refractivity contribution in [3.63, 3.8) is 0 Å². The lowest BCUT2D eigenvalue weighted by molar-refractivity contribution is -0.151. The van der Waals surface area contributed by atoms with Crippen molar-refractivity contribution < 1.29 is 23.8 Å². The molecule has 1 N–H and O–H groups in total. The molecule has 1 saturated heterocycles. The lowest BCUT2D eigenvalue weighted by Crippen LogP contribution is -2.40. The van der Waals surface area contributed by atoms with Crippen LogP contribution < -0.4 is 0 Å². The molecule has 1 aromatic heterocycles. The quantitative estimate of drug-likeness (QED) is 0.750. The number of rotatable bonds is 5. The zero-order valence-corrected chi connectivity index (χ0v) is 15.1. The largest absolute Gasteiger partial charge is 0.481 e. The number of furan rings is 1. The molecule has 0 radical (unpaired) electrons. The van der Waals surface area contributed by atoms with Gasteiger partial charge < -0.3 is 19.2 Å². The maximum absolute atomic E-state index is 12.7. The van der Waals surface area contributed by atoms with Crippen LogP contribution in [-0.2, 0) is 20.7 Å². The Hall–Kier alpha value is -2.86. The van der Waals surface area contributed by atoms with Crippen LogP contribution in [-0.4, -0.2) is 48.7 Å². The summed E-state index contributed by atoms with van der Waals surface area (Å²) in [6, 6.07) is 13.9. The van der Waals surface area contributed by atoms with Crippen LogP contribution >= 0.6 is 0 Å². The van der Waals surface area contributed by atoms with Gasteiger partial charge in [0.15, 0.2) is 0 Å². The number of carbonyl (C=O) groups excluding carboxylic acids is 1. The third-order valence-corrected chi connectivity index (χ3v) is 5.38. The molecule has 0 spiro atoms. The highest BCUT2D eigenvalue weighted by Gasteiger charge is 2.46. The fourth-order valence-corrected chi connectivity index (χ4v) is 3.91. The van der Waals surface area contributed by atoms with Gasteiger partial charge in [0.25, 0.3) is 0 Å². The number of methoxy groups -OCH3 is 1. The predicted molar refractivity (Wildman–Crippen MR) is 101 cm³/mol. The lowest BCUT2D eigenvalue weighted by Gasteiger charge is -2.23. The average Bonchev–Trinajstić information content (AvgIpc) is 3.27. The second kappa shape index (κ2) is 6.70. The maximum atomic E-state index is 12.7. The molecule has 1 unspecified atom stereocenters. The van der Waals surface area contributed by atoms with Crippen molar-refractivity contribution in [3.05, 3.63) is 48.2 Å². The highest BCUT2D eigenvalue weighted by Crippen LogP contribution is 2.32. The van der Waals surface area contributed by atoms with Gasteiger partial charge in [0, 0.05) is 25.6 Å². The van der Waals surface area contributed by atoms with Crippen molar-refractivity contribution in [2.75, 3.05) is 26.8 Å². The topological polar surface area (TPSA) is 80.0 Å². The van der Waals surface area contributed by atoms with Gasteiger partial charge in [-0.25, -0.2) is 0 Å². The molecule has 1 fully saturated rings. The van der Waals surface area contributed by atoms with Gasteiger partial charge in [-0.3, -0.25) is 9.59 Å². The van der Waals surface area contributed by atoms with E-state index in [1.165, 1.54) is 7.11 Å². The summed E-state index contributed by atoms with van der Waals surface area (Å²) in [6.45, 7) is 0.679. The highest BCUT2D eigenvalue weighted by molar-refractivity contribution is 6.06. The molecule has 1 aliphatic rings. The van der Waals surface area contributed by atoms with Gasteiger partial charge in [-0.05, 0) is 29.3 Å². The molecule has 3 aromatic rings. The summed E-state index contributed by atoms with van der Waals surface area (Å²) in [4.78, 5) is 25.9.